The van der Waals surface area contributed by atoms with Gasteiger partial charge in [0.15, 0.2) is 0 Å². The second-order valence-electron chi connectivity index (χ2n) is 3.93. The molecule has 0 saturated carbocycles. The van der Waals surface area contributed by atoms with Gasteiger partial charge in [-0.1, -0.05) is 17.1 Å². The second kappa shape index (κ2) is 5.52. The molecular weight excluding hydrogens is 350 g/mol. The molecule has 0 aliphatic carbocycles. The molecule has 1 heterocycles. The number of hydrogen-bond acceptors (Lipinski definition) is 3. The van der Waals surface area contributed by atoms with Crippen LogP contribution in [-0.2, 0) is 32.3 Å². The zero-order valence-corrected chi connectivity index (χ0v) is 11.8. The van der Waals surface area contributed by atoms with Gasteiger partial charge in [-0.25, -0.2) is 6.92 Å². The maximum atomic E-state index is 5.53. The molecule has 0 aliphatic heterocycles. The van der Waals surface area contributed by atoms with Gasteiger partial charge >= 0.3 is 0 Å². The topological polar surface area (TPSA) is 39.9 Å². The molecule has 0 saturated heterocycles. The van der Waals surface area contributed by atoms with E-state index >= 15 is 0 Å². The van der Waals surface area contributed by atoms with Gasteiger partial charge in [-0.05, 0) is 20.8 Å². The predicted molar refractivity (Wildman–Crippen MR) is 50.2 cm³/mol. The van der Waals surface area contributed by atoms with E-state index in [0.29, 0.717) is 12.3 Å². The minimum Gasteiger partial charge on any atom is -0.374 e. The maximum Gasteiger partial charge on any atom is 0.0652 e. The van der Waals surface area contributed by atoms with Crippen LogP contribution < -0.4 is 0 Å². The van der Waals surface area contributed by atoms with E-state index in [4.69, 9.17) is 4.74 Å². The zero-order chi connectivity index (χ0) is 9.90. The van der Waals surface area contributed by atoms with Crippen LogP contribution in [0, 0.1) is 6.92 Å². The summed E-state index contributed by atoms with van der Waals surface area (Å²) in [5.74, 6) is 0. The summed E-state index contributed by atoms with van der Waals surface area (Å²) in [5, 5.41) is 7.64. The molecule has 0 unspecified atom stereocenters. The summed E-state index contributed by atoms with van der Waals surface area (Å²) >= 11 is 0. The smallest absolute Gasteiger partial charge is 0.0652 e. The molecular formula is C9H16N3OW-. The fraction of sp³-hybridized carbons (Fsp3) is 0.667. The fourth-order valence-electron chi connectivity index (χ4n) is 0.893. The van der Waals surface area contributed by atoms with Crippen molar-refractivity contribution >= 4 is 0 Å². The summed E-state index contributed by atoms with van der Waals surface area (Å²) in [7, 11) is 0. The van der Waals surface area contributed by atoms with E-state index in [-0.39, 0.29) is 26.7 Å². The largest absolute Gasteiger partial charge is 0.374 e. The van der Waals surface area contributed by atoms with Crippen molar-refractivity contribution in [3.63, 3.8) is 0 Å². The zero-order valence-electron chi connectivity index (χ0n) is 8.86. The Kier molecular flexibility index (Phi) is 5.38. The van der Waals surface area contributed by atoms with E-state index < -0.39 is 0 Å². The van der Waals surface area contributed by atoms with Gasteiger partial charge in [-0.3, -0.25) is 0 Å². The van der Waals surface area contributed by atoms with Crippen LogP contribution >= 0.6 is 0 Å². The summed E-state index contributed by atoms with van der Waals surface area (Å²) in [6, 6.07) is 0. The number of aromatic nitrogens is 3. The predicted octanol–water partition coefficient (Wildman–Crippen LogP) is 1.27. The Morgan fingerprint density at radius 1 is 1.50 bits per heavy atom. The van der Waals surface area contributed by atoms with Crippen LogP contribution in [0.4, 0.5) is 0 Å². The Balaban J connectivity index is 0.00000169. The van der Waals surface area contributed by atoms with Gasteiger partial charge in [0, 0.05) is 27.6 Å². The molecule has 0 fully saturated rings. The van der Waals surface area contributed by atoms with E-state index in [0.717, 1.165) is 6.54 Å². The molecule has 0 spiro atoms. The minimum absolute atomic E-state index is 0. The van der Waals surface area contributed by atoms with Gasteiger partial charge in [-0.15, -0.1) is 0 Å². The molecule has 1 aromatic rings. The molecule has 1 rings (SSSR count). The molecule has 0 N–H and O–H groups in total. The van der Waals surface area contributed by atoms with Crippen molar-refractivity contribution in [3.8, 4) is 0 Å². The molecule has 0 radical (unpaired) electrons. The molecule has 4 nitrogen and oxygen atoms in total. The first-order chi connectivity index (χ1) is 5.97. The Hall–Kier alpha value is -0.342. The molecule has 0 bridgehead atoms. The van der Waals surface area contributed by atoms with Gasteiger partial charge in [-0.2, -0.15) is 5.10 Å². The molecule has 0 aliphatic rings. The third-order valence-electron chi connectivity index (χ3n) is 1.44. The first-order valence-corrected chi connectivity index (χ1v) is 4.33. The van der Waals surface area contributed by atoms with Crippen LogP contribution in [0.25, 0.3) is 0 Å². The van der Waals surface area contributed by atoms with Crippen LogP contribution in [0.3, 0.4) is 0 Å². The van der Waals surface area contributed by atoms with Crippen molar-refractivity contribution in [2.45, 2.75) is 32.9 Å². The Bertz CT molecular complexity index is 267. The SMILES string of the molecule is [CH2-]c1cn(CCOC(C)(C)C)nn1.[W]. The van der Waals surface area contributed by atoms with Crippen molar-refractivity contribution in [2.24, 2.45) is 0 Å². The minimum atomic E-state index is -0.0894. The van der Waals surface area contributed by atoms with Gasteiger partial charge in [0.05, 0.1) is 12.2 Å². The van der Waals surface area contributed by atoms with E-state index in [1.54, 1.807) is 10.9 Å². The fourth-order valence-corrected chi connectivity index (χ4v) is 0.893. The van der Waals surface area contributed by atoms with Gasteiger partial charge in [0.2, 0.25) is 0 Å². The van der Waals surface area contributed by atoms with Crippen LogP contribution in [0.15, 0.2) is 6.20 Å². The third kappa shape index (κ3) is 5.40. The van der Waals surface area contributed by atoms with E-state index in [1.807, 2.05) is 20.8 Å². The Labute approximate surface area is 99.3 Å². The van der Waals surface area contributed by atoms with Crippen molar-refractivity contribution in [1.29, 1.82) is 0 Å². The molecule has 5 heteroatoms. The average Bonchev–Trinajstić information content (AvgIpc) is 2.33. The number of hydrogen-bond donors (Lipinski definition) is 0. The number of nitrogens with zero attached hydrogens (tertiary/aromatic N) is 3. The standard InChI is InChI=1S/C9H16N3O.W/c1-8-7-12(11-10-8)5-6-13-9(2,3)4;/h7H,1,5-6H2,2-4H3;/q-1;. The monoisotopic (exact) mass is 366 g/mol. The molecule has 14 heavy (non-hydrogen) atoms. The summed E-state index contributed by atoms with van der Waals surface area (Å²) in [5.41, 5.74) is 0.601. The average molecular weight is 366 g/mol. The third-order valence-corrected chi connectivity index (χ3v) is 1.44. The van der Waals surface area contributed by atoms with E-state index in [2.05, 4.69) is 17.2 Å². The van der Waals surface area contributed by atoms with Crippen molar-refractivity contribution < 1.29 is 25.8 Å². The van der Waals surface area contributed by atoms with Gasteiger partial charge in [0.1, 0.15) is 0 Å². The van der Waals surface area contributed by atoms with Crippen LogP contribution in [0.1, 0.15) is 26.5 Å². The molecule has 1 aromatic heterocycles. The molecule has 0 amide bonds. The Morgan fingerprint density at radius 3 is 2.57 bits per heavy atom. The normalized spacial score (nSPS) is 11.1. The summed E-state index contributed by atoms with van der Waals surface area (Å²) < 4.78 is 7.26. The molecule has 0 aromatic carbocycles. The maximum absolute atomic E-state index is 5.53. The van der Waals surface area contributed by atoms with E-state index in [9.17, 15) is 0 Å². The van der Waals surface area contributed by atoms with Crippen LogP contribution in [0.5, 0.6) is 0 Å². The van der Waals surface area contributed by atoms with E-state index in [1.165, 1.54) is 0 Å². The molecule has 0 atom stereocenters. The number of rotatable bonds is 3. The summed E-state index contributed by atoms with van der Waals surface area (Å²) in [4.78, 5) is 0. The summed E-state index contributed by atoms with van der Waals surface area (Å²) in [6.45, 7) is 11.1. The van der Waals surface area contributed by atoms with Crippen molar-refractivity contribution in [2.75, 3.05) is 6.61 Å². The molecule has 80 valence electrons. The summed E-state index contributed by atoms with van der Waals surface area (Å²) in [6.07, 6.45) is 1.80. The van der Waals surface area contributed by atoms with Crippen molar-refractivity contribution in [3.05, 3.63) is 18.8 Å². The first-order valence-electron chi connectivity index (χ1n) is 4.33. The Morgan fingerprint density at radius 2 is 2.14 bits per heavy atom. The second-order valence-corrected chi connectivity index (χ2v) is 3.93. The van der Waals surface area contributed by atoms with Gasteiger partial charge < -0.3 is 9.42 Å². The van der Waals surface area contributed by atoms with Crippen LogP contribution in [0.2, 0.25) is 0 Å². The first kappa shape index (κ1) is 13.7. The van der Waals surface area contributed by atoms with Crippen LogP contribution in [-0.4, -0.2) is 27.2 Å². The van der Waals surface area contributed by atoms with Gasteiger partial charge in [0.25, 0.3) is 0 Å². The number of ether oxygens (including phenoxy) is 1. The quantitative estimate of drug-likeness (QED) is 0.757. The van der Waals surface area contributed by atoms with Crippen molar-refractivity contribution in [1.82, 2.24) is 15.0 Å².